The highest BCUT2D eigenvalue weighted by atomic mass is 16.5. The van der Waals surface area contributed by atoms with Crippen molar-refractivity contribution in [2.24, 2.45) is 11.3 Å². The third-order valence-electron chi connectivity index (χ3n) is 6.75. The third-order valence-corrected chi connectivity index (χ3v) is 6.75. The molecule has 2 unspecified atom stereocenters. The lowest BCUT2D eigenvalue weighted by Crippen LogP contribution is -2.44. The summed E-state index contributed by atoms with van der Waals surface area (Å²) in [6, 6.07) is 16.2. The van der Waals surface area contributed by atoms with E-state index in [2.05, 4.69) is 29.6 Å². The number of hydrogen-bond donors (Lipinski definition) is 2. The molecule has 35 heavy (non-hydrogen) atoms. The van der Waals surface area contributed by atoms with Crippen LogP contribution in [0.15, 0.2) is 48.5 Å². The lowest BCUT2D eigenvalue weighted by molar-refractivity contribution is -0.147. The third kappa shape index (κ3) is 5.84. The Morgan fingerprint density at radius 2 is 1.60 bits per heavy atom. The van der Waals surface area contributed by atoms with Gasteiger partial charge in [0.05, 0.1) is 0 Å². The van der Waals surface area contributed by atoms with E-state index in [4.69, 9.17) is 4.74 Å². The number of amides is 2. The van der Waals surface area contributed by atoms with E-state index in [1.807, 2.05) is 45.0 Å². The first kappa shape index (κ1) is 24.8. The first-order valence-electron chi connectivity index (χ1n) is 12.2. The van der Waals surface area contributed by atoms with Crippen molar-refractivity contribution in [2.75, 3.05) is 19.7 Å². The summed E-state index contributed by atoms with van der Waals surface area (Å²) in [4.78, 5) is 38.4. The van der Waals surface area contributed by atoms with Gasteiger partial charge in [-0.2, -0.15) is 0 Å². The van der Waals surface area contributed by atoms with Gasteiger partial charge in [-0.25, -0.2) is 4.79 Å². The number of carbonyl (C=O) groups excluding carboxylic acids is 2. The highest BCUT2D eigenvalue weighted by Gasteiger charge is 2.36. The Balaban J connectivity index is 1.32. The number of fused-ring (bicyclic) bond motifs is 3. The van der Waals surface area contributed by atoms with Crippen LogP contribution >= 0.6 is 0 Å². The molecule has 2 atom stereocenters. The molecular weight excluding hydrogens is 444 g/mol. The summed E-state index contributed by atoms with van der Waals surface area (Å²) in [5, 5.41) is 12.2. The summed E-state index contributed by atoms with van der Waals surface area (Å²) in [5.41, 5.74) is 4.46. The SMILES string of the molecule is CC(C)(C)CN(CC(=O)O)C(=O)C1CCC(NC(=O)OCC2c3ccccc3-c3ccccc32)C1. The first-order valence-corrected chi connectivity index (χ1v) is 12.2. The molecule has 2 aliphatic carbocycles. The van der Waals surface area contributed by atoms with Crippen molar-refractivity contribution in [2.45, 2.75) is 52.0 Å². The fraction of sp³-hybridized carbons (Fsp3) is 0.464. The van der Waals surface area contributed by atoms with Crippen molar-refractivity contribution in [3.05, 3.63) is 59.7 Å². The zero-order valence-electron chi connectivity index (χ0n) is 20.6. The number of carbonyl (C=O) groups is 3. The Kier molecular flexibility index (Phi) is 7.15. The summed E-state index contributed by atoms with van der Waals surface area (Å²) >= 11 is 0. The molecule has 2 aliphatic rings. The average molecular weight is 479 g/mol. The summed E-state index contributed by atoms with van der Waals surface area (Å²) in [7, 11) is 0. The molecule has 2 aromatic rings. The van der Waals surface area contributed by atoms with Gasteiger partial charge in [0.15, 0.2) is 0 Å². The van der Waals surface area contributed by atoms with Crippen LogP contribution in [0.2, 0.25) is 0 Å². The quantitative estimate of drug-likeness (QED) is 0.604. The van der Waals surface area contributed by atoms with Crippen LogP contribution in [0.1, 0.15) is 57.1 Å². The van der Waals surface area contributed by atoms with Crippen LogP contribution in [0.5, 0.6) is 0 Å². The van der Waals surface area contributed by atoms with Crippen molar-refractivity contribution >= 4 is 18.0 Å². The number of carboxylic acids is 1. The fourth-order valence-corrected chi connectivity index (χ4v) is 5.35. The number of alkyl carbamates (subject to hydrolysis) is 1. The van der Waals surface area contributed by atoms with Crippen molar-refractivity contribution in [3.8, 4) is 11.1 Å². The lowest BCUT2D eigenvalue weighted by Gasteiger charge is -2.30. The van der Waals surface area contributed by atoms with Crippen LogP contribution in [0, 0.1) is 11.3 Å². The predicted molar refractivity (Wildman–Crippen MR) is 133 cm³/mol. The lowest BCUT2D eigenvalue weighted by atomic mass is 9.95. The molecule has 186 valence electrons. The van der Waals surface area contributed by atoms with E-state index in [9.17, 15) is 19.5 Å². The molecule has 2 N–H and O–H groups in total. The van der Waals surface area contributed by atoms with Gasteiger partial charge in [0, 0.05) is 24.4 Å². The molecule has 7 nitrogen and oxygen atoms in total. The Hall–Kier alpha value is -3.35. The van der Waals surface area contributed by atoms with E-state index in [0.29, 0.717) is 25.8 Å². The minimum Gasteiger partial charge on any atom is -0.480 e. The van der Waals surface area contributed by atoms with Crippen LogP contribution < -0.4 is 5.32 Å². The molecule has 0 heterocycles. The highest BCUT2D eigenvalue weighted by Crippen LogP contribution is 2.44. The molecule has 0 bridgehead atoms. The molecule has 4 rings (SSSR count). The maximum absolute atomic E-state index is 13.0. The van der Waals surface area contributed by atoms with E-state index >= 15 is 0 Å². The van der Waals surface area contributed by atoms with Gasteiger partial charge in [-0.3, -0.25) is 9.59 Å². The Labute approximate surface area is 206 Å². The average Bonchev–Trinajstić information content (AvgIpc) is 3.38. The summed E-state index contributed by atoms with van der Waals surface area (Å²) in [5.74, 6) is -1.48. The second-order valence-electron chi connectivity index (χ2n) is 10.8. The van der Waals surface area contributed by atoms with Gasteiger partial charge in [0.25, 0.3) is 0 Å². The number of aliphatic carboxylic acids is 1. The van der Waals surface area contributed by atoms with Crippen molar-refractivity contribution in [1.82, 2.24) is 10.2 Å². The van der Waals surface area contributed by atoms with E-state index in [-0.39, 0.29) is 42.4 Å². The second kappa shape index (κ2) is 10.1. The second-order valence-corrected chi connectivity index (χ2v) is 10.8. The molecular formula is C28H34N2O5. The largest absolute Gasteiger partial charge is 0.480 e. The molecule has 0 aliphatic heterocycles. The van der Waals surface area contributed by atoms with Crippen LogP contribution in [0.25, 0.3) is 11.1 Å². The number of ether oxygens (including phenoxy) is 1. The highest BCUT2D eigenvalue weighted by molar-refractivity contribution is 5.83. The Morgan fingerprint density at radius 3 is 2.17 bits per heavy atom. The molecule has 0 radical (unpaired) electrons. The predicted octanol–water partition coefficient (Wildman–Crippen LogP) is 4.65. The van der Waals surface area contributed by atoms with Gasteiger partial charge in [-0.15, -0.1) is 0 Å². The molecule has 0 aromatic heterocycles. The van der Waals surface area contributed by atoms with Crippen molar-refractivity contribution in [3.63, 3.8) is 0 Å². The number of nitrogens with one attached hydrogen (secondary N) is 1. The standard InChI is InChI=1S/C28H34N2O5/c1-28(2,3)17-30(15-25(31)32)26(33)18-12-13-19(14-18)29-27(34)35-16-24-22-10-6-4-8-20(22)21-9-5-7-11-23(21)24/h4-11,18-19,24H,12-17H2,1-3H3,(H,29,34)(H,31,32). The van der Waals surface area contributed by atoms with Gasteiger partial charge < -0.3 is 20.1 Å². The summed E-state index contributed by atoms with van der Waals surface area (Å²) < 4.78 is 5.64. The Morgan fingerprint density at radius 1 is 1.00 bits per heavy atom. The molecule has 0 saturated heterocycles. The molecule has 2 amide bonds. The molecule has 7 heteroatoms. The number of benzene rings is 2. The smallest absolute Gasteiger partial charge is 0.407 e. The molecule has 2 aromatic carbocycles. The number of hydrogen-bond acceptors (Lipinski definition) is 4. The molecule has 1 fully saturated rings. The van der Waals surface area contributed by atoms with Crippen LogP contribution in [0.4, 0.5) is 4.79 Å². The summed E-state index contributed by atoms with van der Waals surface area (Å²) in [6.07, 6.45) is 1.29. The van der Waals surface area contributed by atoms with Gasteiger partial charge >= 0.3 is 12.1 Å². The first-order chi connectivity index (χ1) is 16.6. The molecule has 0 spiro atoms. The number of nitrogens with zero attached hydrogens (tertiary/aromatic N) is 1. The minimum atomic E-state index is -1.02. The van der Waals surface area contributed by atoms with Crippen molar-refractivity contribution < 1.29 is 24.2 Å². The molecule has 1 saturated carbocycles. The van der Waals surface area contributed by atoms with Crippen LogP contribution in [0.3, 0.4) is 0 Å². The maximum Gasteiger partial charge on any atom is 0.407 e. The van der Waals surface area contributed by atoms with E-state index in [0.717, 1.165) is 11.1 Å². The number of rotatable bonds is 7. The summed E-state index contributed by atoms with van der Waals surface area (Å²) in [6.45, 7) is 6.24. The van der Waals surface area contributed by atoms with E-state index in [1.165, 1.54) is 16.0 Å². The van der Waals surface area contributed by atoms with Crippen molar-refractivity contribution in [1.29, 1.82) is 0 Å². The number of carboxylic acid groups (broad SMARTS) is 1. The Bertz CT molecular complexity index is 1060. The zero-order valence-corrected chi connectivity index (χ0v) is 20.6. The normalized spacial score (nSPS) is 19.1. The topological polar surface area (TPSA) is 95.9 Å². The maximum atomic E-state index is 13.0. The minimum absolute atomic E-state index is 0.00645. The van der Waals surface area contributed by atoms with Crippen LogP contribution in [-0.2, 0) is 14.3 Å². The van der Waals surface area contributed by atoms with Gasteiger partial charge in [0.1, 0.15) is 13.2 Å². The van der Waals surface area contributed by atoms with Gasteiger partial charge in [0.2, 0.25) is 5.91 Å². The van der Waals surface area contributed by atoms with E-state index in [1.54, 1.807) is 0 Å². The monoisotopic (exact) mass is 478 g/mol. The zero-order chi connectivity index (χ0) is 25.2. The fourth-order valence-electron chi connectivity index (χ4n) is 5.35. The van der Waals surface area contributed by atoms with Gasteiger partial charge in [-0.05, 0) is 46.9 Å². The van der Waals surface area contributed by atoms with E-state index < -0.39 is 12.1 Å². The van der Waals surface area contributed by atoms with Gasteiger partial charge in [-0.1, -0.05) is 69.3 Å². The van der Waals surface area contributed by atoms with Crippen LogP contribution in [-0.4, -0.2) is 53.7 Å².